The molecule has 2 amide bonds. The van der Waals surface area contributed by atoms with E-state index in [9.17, 15) is 31.5 Å². The number of nitrogens with zero attached hydrogens (tertiary/aromatic N) is 3. The number of alkyl halides is 3. The number of fused-ring (bicyclic) bond motifs is 1. The van der Waals surface area contributed by atoms with Gasteiger partial charge in [0.25, 0.3) is 0 Å². The Balaban J connectivity index is 1.29. The molecule has 4 rings (SSSR count). The fraction of sp³-hybridized carbons (Fsp3) is 0.417. The van der Waals surface area contributed by atoms with Crippen molar-refractivity contribution in [3.63, 3.8) is 0 Å². The minimum Gasteiger partial charge on any atom is -0.360 e. The van der Waals surface area contributed by atoms with Crippen LogP contribution in [0.3, 0.4) is 0 Å². The van der Waals surface area contributed by atoms with Crippen LogP contribution in [0.25, 0.3) is 0 Å². The van der Waals surface area contributed by atoms with Crippen LogP contribution >= 0.6 is 0 Å². The third-order valence-electron chi connectivity index (χ3n) is 6.22. The van der Waals surface area contributed by atoms with Crippen LogP contribution in [0.5, 0.6) is 0 Å². The maximum Gasteiger partial charge on any atom is 0.418 e. The minimum absolute atomic E-state index is 0.0374. The van der Waals surface area contributed by atoms with Crippen LogP contribution in [0.4, 0.5) is 33.3 Å². The molecular formula is C24H25F5N4O2. The van der Waals surface area contributed by atoms with Gasteiger partial charge < -0.3 is 15.1 Å². The number of benzene rings is 2. The summed E-state index contributed by atoms with van der Waals surface area (Å²) in [4.78, 5) is 30.2. The molecule has 35 heavy (non-hydrogen) atoms. The molecule has 2 aromatic rings. The molecule has 188 valence electrons. The summed E-state index contributed by atoms with van der Waals surface area (Å²) in [5.41, 5.74) is -0.403. The quantitative estimate of drug-likeness (QED) is 0.644. The van der Waals surface area contributed by atoms with Crippen molar-refractivity contribution in [2.45, 2.75) is 19.0 Å². The number of hydrogen-bond donors (Lipinski definition) is 1. The van der Waals surface area contributed by atoms with Crippen molar-refractivity contribution in [3.8, 4) is 0 Å². The van der Waals surface area contributed by atoms with E-state index in [1.165, 1.54) is 24.3 Å². The number of aryl methyl sites for hydroxylation is 1. The zero-order chi connectivity index (χ0) is 25.2. The minimum atomic E-state index is -4.58. The zero-order valence-electron chi connectivity index (χ0n) is 18.9. The molecule has 2 heterocycles. The van der Waals surface area contributed by atoms with E-state index in [0.717, 1.165) is 12.1 Å². The highest BCUT2D eigenvalue weighted by Crippen LogP contribution is 2.34. The number of carbonyl (C=O) groups excluding carboxylic acids is 2. The Hall–Kier alpha value is -3.21. The smallest absolute Gasteiger partial charge is 0.360 e. The lowest BCUT2D eigenvalue weighted by molar-refractivity contribution is -0.137. The molecule has 2 aliphatic rings. The number of anilines is 2. The van der Waals surface area contributed by atoms with E-state index in [-0.39, 0.29) is 30.4 Å². The van der Waals surface area contributed by atoms with E-state index in [1.54, 1.807) is 14.7 Å². The third kappa shape index (κ3) is 5.90. The molecule has 0 saturated carbocycles. The normalized spacial score (nSPS) is 16.7. The first-order chi connectivity index (χ1) is 16.6. The average molecular weight is 496 g/mol. The topological polar surface area (TPSA) is 55.9 Å². The van der Waals surface area contributed by atoms with Gasteiger partial charge in [0.15, 0.2) is 0 Å². The van der Waals surface area contributed by atoms with Gasteiger partial charge in [0, 0.05) is 38.8 Å². The van der Waals surface area contributed by atoms with Crippen molar-refractivity contribution < 1.29 is 31.5 Å². The van der Waals surface area contributed by atoms with Gasteiger partial charge in [-0.3, -0.25) is 14.5 Å². The van der Waals surface area contributed by atoms with Crippen LogP contribution in [-0.4, -0.2) is 67.4 Å². The summed E-state index contributed by atoms with van der Waals surface area (Å²) >= 11 is 0. The molecule has 1 N–H and O–H groups in total. The molecule has 2 aromatic carbocycles. The van der Waals surface area contributed by atoms with Crippen molar-refractivity contribution in [3.05, 3.63) is 59.2 Å². The maximum absolute atomic E-state index is 14.4. The number of amides is 2. The molecule has 0 unspecified atom stereocenters. The molecule has 1 saturated heterocycles. The third-order valence-corrected chi connectivity index (χ3v) is 6.22. The first kappa shape index (κ1) is 24.9. The monoisotopic (exact) mass is 496 g/mol. The summed E-state index contributed by atoms with van der Waals surface area (Å²) in [6.45, 7) is 1.75. The van der Waals surface area contributed by atoms with Crippen LogP contribution in [0.2, 0.25) is 0 Å². The molecule has 2 aliphatic heterocycles. The van der Waals surface area contributed by atoms with E-state index >= 15 is 0 Å². The molecule has 0 aromatic heterocycles. The summed E-state index contributed by atoms with van der Waals surface area (Å²) in [6, 6.07) is 6.89. The van der Waals surface area contributed by atoms with Crippen LogP contribution in [0, 0.1) is 11.6 Å². The Kier molecular flexibility index (Phi) is 7.25. The van der Waals surface area contributed by atoms with Gasteiger partial charge in [-0.25, -0.2) is 8.78 Å². The molecule has 0 spiro atoms. The second-order valence-electron chi connectivity index (χ2n) is 8.67. The van der Waals surface area contributed by atoms with E-state index in [4.69, 9.17) is 0 Å². The fourth-order valence-electron chi connectivity index (χ4n) is 4.55. The number of rotatable bonds is 5. The zero-order valence-corrected chi connectivity index (χ0v) is 18.9. The van der Waals surface area contributed by atoms with Gasteiger partial charge in [-0.2, -0.15) is 13.2 Å². The van der Waals surface area contributed by atoms with Crippen LogP contribution in [-0.2, 0) is 22.2 Å². The molecule has 0 bridgehead atoms. The van der Waals surface area contributed by atoms with E-state index in [1.807, 2.05) is 0 Å². The first-order valence-corrected chi connectivity index (χ1v) is 11.3. The number of nitrogens with one attached hydrogen (secondary N) is 1. The Labute approximate surface area is 199 Å². The van der Waals surface area contributed by atoms with Crippen molar-refractivity contribution >= 4 is 23.2 Å². The van der Waals surface area contributed by atoms with Gasteiger partial charge in [-0.15, -0.1) is 0 Å². The van der Waals surface area contributed by atoms with Gasteiger partial charge in [0.05, 0.1) is 30.0 Å². The summed E-state index contributed by atoms with van der Waals surface area (Å²) < 4.78 is 67.3. The van der Waals surface area contributed by atoms with E-state index < -0.39 is 29.3 Å². The second kappa shape index (κ2) is 10.2. The van der Waals surface area contributed by atoms with Crippen LogP contribution in [0.15, 0.2) is 36.4 Å². The Morgan fingerprint density at radius 1 is 0.943 bits per heavy atom. The molecule has 11 heteroatoms. The van der Waals surface area contributed by atoms with E-state index in [2.05, 4.69) is 5.32 Å². The molecule has 1 fully saturated rings. The van der Waals surface area contributed by atoms with Crippen LogP contribution < -0.4 is 10.2 Å². The first-order valence-electron chi connectivity index (χ1n) is 11.3. The summed E-state index contributed by atoms with van der Waals surface area (Å²) in [5.74, 6) is -2.11. The highest BCUT2D eigenvalue weighted by molar-refractivity contribution is 5.93. The van der Waals surface area contributed by atoms with Crippen molar-refractivity contribution in [1.29, 1.82) is 0 Å². The van der Waals surface area contributed by atoms with Gasteiger partial charge in [0.2, 0.25) is 11.8 Å². The number of piperazine rings is 1. The highest BCUT2D eigenvalue weighted by Gasteiger charge is 2.34. The number of carbonyl (C=O) groups is 2. The standard InChI is InChI=1S/C24H25F5N4O2/c25-17-12-16-4-3-7-33(23(16)19(26)13-17)15-22(35)32-10-8-31(9-11-32)14-21(34)30-20-6-2-1-5-18(20)24(27,28)29/h1-2,5-6,12-13H,3-4,7-11,14-15H2,(H,30,34). The van der Waals surface area contributed by atoms with Crippen LogP contribution in [0.1, 0.15) is 17.5 Å². The van der Waals surface area contributed by atoms with Crippen molar-refractivity contribution in [2.75, 3.05) is 56.0 Å². The number of para-hydroxylation sites is 1. The van der Waals surface area contributed by atoms with Gasteiger partial charge in [-0.1, -0.05) is 12.1 Å². The summed E-state index contributed by atoms with van der Waals surface area (Å²) in [5, 5.41) is 2.32. The maximum atomic E-state index is 14.4. The lowest BCUT2D eigenvalue weighted by Gasteiger charge is -2.37. The number of halogens is 5. The van der Waals surface area contributed by atoms with E-state index in [0.29, 0.717) is 51.1 Å². The molecule has 0 radical (unpaired) electrons. The molecule has 6 nitrogen and oxygen atoms in total. The van der Waals surface area contributed by atoms with Gasteiger partial charge in [0.1, 0.15) is 11.6 Å². The molecule has 0 aliphatic carbocycles. The Morgan fingerprint density at radius 2 is 1.66 bits per heavy atom. The Morgan fingerprint density at radius 3 is 2.37 bits per heavy atom. The highest BCUT2D eigenvalue weighted by atomic mass is 19.4. The fourth-order valence-corrected chi connectivity index (χ4v) is 4.55. The second-order valence-corrected chi connectivity index (χ2v) is 8.67. The lowest BCUT2D eigenvalue weighted by Crippen LogP contribution is -2.53. The SMILES string of the molecule is O=C(CN1CCN(C(=O)CN2CCCc3cc(F)cc(F)c32)CC1)Nc1ccccc1C(F)(F)F. The lowest BCUT2D eigenvalue weighted by atomic mass is 10.0. The molecular weight excluding hydrogens is 471 g/mol. The Bertz CT molecular complexity index is 1100. The predicted octanol–water partition coefficient (Wildman–Crippen LogP) is 3.52. The van der Waals surface area contributed by atoms with Crippen molar-refractivity contribution in [2.24, 2.45) is 0 Å². The average Bonchev–Trinajstić information content (AvgIpc) is 2.79. The predicted molar refractivity (Wildman–Crippen MR) is 120 cm³/mol. The molecule has 0 atom stereocenters. The largest absolute Gasteiger partial charge is 0.418 e. The van der Waals surface area contributed by atoms with Crippen molar-refractivity contribution in [1.82, 2.24) is 9.80 Å². The summed E-state index contributed by atoms with van der Waals surface area (Å²) in [6.07, 6.45) is -3.35. The number of hydrogen-bond acceptors (Lipinski definition) is 4. The van der Waals surface area contributed by atoms with Gasteiger partial charge >= 0.3 is 6.18 Å². The summed E-state index contributed by atoms with van der Waals surface area (Å²) in [7, 11) is 0. The van der Waals surface area contributed by atoms with Gasteiger partial charge in [-0.05, 0) is 36.6 Å².